The smallest absolute Gasteiger partial charge is 0.0547 e. The lowest BCUT2D eigenvalue weighted by Gasteiger charge is -2.26. The second-order valence-electron chi connectivity index (χ2n) is 17.3. The van der Waals surface area contributed by atoms with Crippen LogP contribution in [0.4, 0.5) is 17.1 Å². The Hall–Kier alpha value is -8.98. The fourth-order valence-corrected chi connectivity index (χ4v) is 9.88. The molecule has 2 nitrogen and oxygen atoms in total. The molecular formula is C66H46N2. The van der Waals surface area contributed by atoms with Crippen molar-refractivity contribution >= 4 is 38.9 Å². The Bertz CT molecular complexity index is 3590. The summed E-state index contributed by atoms with van der Waals surface area (Å²) in [5.41, 5.74) is 21.0. The molecule has 0 spiro atoms. The number of hydrogen-bond donors (Lipinski definition) is 0. The van der Waals surface area contributed by atoms with Gasteiger partial charge >= 0.3 is 0 Å². The van der Waals surface area contributed by atoms with Crippen LogP contribution < -0.4 is 4.90 Å². The Morgan fingerprint density at radius 3 is 1.13 bits per heavy atom. The van der Waals surface area contributed by atoms with Crippen LogP contribution in [0.2, 0.25) is 0 Å². The first-order valence-corrected chi connectivity index (χ1v) is 23.3. The maximum Gasteiger partial charge on any atom is 0.0547 e. The van der Waals surface area contributed by atoms with E-state index in [1.54, 1.807) is 0 Å². The van der Waals surface area contributed by atoms with Crippen LogP contribution in [-0.4, -0.2) is 4.57 Å². The molecule has 2 heteroatoms. The molecule has 0 saturated heterocycles. The Labute approximate surface area is 397 Å². The van der Waals surface area contributed by atoms with Gasteiger partial charge < -0.3 is 9.47 Å². The van der Waals surface area contributed by atoms with Crippen LogP contribution in [0.25, 0.3) is 94.3 Å². The molecule has 0 unspecified atom stereocenters. The molecule has 68 heavy (non-hydrogen) atoms. The van der Waals surface area contributed by atoms with Crippen molar-refractivity contribution in [2.24, 2.45) is 0 Å². The average Bonchev–Trinajstić information content (AvgIpc) is 3.76. The zero-order valence-corrected chi connectivity index (χ0v) is 37.5. The minimum absolute atomic E-state index is 1.09. The predicted molar refractivity (Wildman–Crippen MR) is 288 cm³/mol. The molecule has 320 valence electrons. The zero-order chi connectivity index (χ0) is 45.2. The van der Waals surface area contributed by atoms with E-state index in [0.29, 0.717) is 0 Å². The fraction of sp³-hybridized carbons (Fsp3) is 0. The summed E-state index contributed by atoms with van der Waals surface area (Å²) in [4.78, 5) is 2.35. The Morgan fingerprint density at radius 2 is 0.588 bits per heavy atom. The van der Waals surface area contributed by atoms with Gasteiger partial charge in [0.25, 0.3) is 0 Å². The monoisotopic (exact) mass is 866 g/mol. The Balaban J connectivity index is 0.957. The van der Waals surface area contributed by atoms with E-state index >= 15 is 0 Å². The lowest BCUT2D eigenvalue weighted by Crippen LogP contribution is -2.09. The third-order valence-electron chi connectivity index (χ3n) is 13.2. The molecule has 1 aromatic heterocycles. The highest BCUT2D eigenvalue weighted by Crippen LogP contribution is 2.43. The molecule has 0 atom stereocenters. The van der Waals surface area contributed by atoms with E-state index in [0.717, 1.165) is 28.3 Å². The van der Waals surface area contributed by atoms with Crippen LogP contribution in [0, 0.1) is 0 Å². The van der Waals surface area contributed by atoms with E-state index in [4.69, 9.17) is 0 Å². The van der Waals surface area contributed by atoms with E-state index in [-0.39, 0.29) is 0 Å². The standard InChI is InChI=1S/C66H46N2/c1-5-17-47(18-6-1)50-29-37-56(38-30-50)67(57-39-31-51(32-40-57)48-19-7-2-8-20-48)58-41-33-53(34-42-58)59-25-13-14-26-60(59)55-36-44-63-62-27-15-16-28-64(62)68(66(63)46-55)65-45-54(49-21-9-3-10-22-49)35-43-61(65)52-23-11-4-12-24-52/h1-46H. The van der Waals surface area contributed by atoms with E-state index in [1.165, 1.54) is 83.0 Å². The SMILES string of the molecule is c1ccc(-c2ccc(N(c3ccc(-c4ccccc4)cc3)c3ccc(-c4ccccc4-c4ccc5c6ccccc6n(-c6cc(-c7ccccc7)ccc6-c6ccccc6)c5c4)cc3)cc2)cc1. The van der Waals surface area contributed by atoms with Crippen molar-refractivity contribution in [3.05, 3.63) is 279 Å². The van der Waals surface area contributed by atoms with Crippen molar-refractivity contribution in [2.45, 2.75) is 0 Å². The number of rotatable bonds is 10. The molecule has 0 fully saturated rings. The minimum Gasteiger partial charge on any atom is -0.311 e. The van der Waals surface area contributed by atoms with Crippen molar-refractivity contribution in [1.82, 2.24) is 4.57 Å². The van der Waals surface area contributed by atoms with Gasteiger partial charge in [-0.2, -0.15) is 0 Å². The summed E-state index contributed by atoms with van der Waals surface area (Å²) in [7, 11) is 0. The molecule has 0 aliphatic rings. The third-order valence-corrected chi connectivity index (χ3v) is 13.2. The summed E-state index contributed by atoms with van der Waals surface area (Å²) in [6.45, 7) is 0. The molecule has 12 rings (SSSR count). The number of para-hydroxylation sites is 1. The van der Waals surface area contributed by atoms with Gasteiger partial charge in [-0.25, -0.2) is 0 Å². The average molecular weight is 867 g/mol. The van der Waals surface area contributed by atoms with Crippen LogP contribution in [0.1, 0.15) is 0 Å². The van der Waals surface area contributed by atoms with Gasteiger partial charge in [0.2, 0.25) is 0 Å². The lowest BCUT2D eigenvalue weighted by atomic mass is 9.93. The highest BCUT2D eigenvalue weighted by atomic mass is 15.1. The zero-order valence-electron chi connectivity index (χ0n) is 37.5. The number of anilines is 3. The van der Waals surface area contributed by atoms with Gasteiger partial charge in [0.05, 0.1) is 16.7 Å². The molecule has 0 saturated carbocycles. The highest BCUT2D eigenvalue weighted by Gasteiger charge is 2.19. The van der Waals surface area contributed by atoms with Crippen LogP contribution in [0.3, 0.4) is 0 Å². The summed E-state index contributed by atoms with van der Waals surface area (Å²) in [6.07, 6.45) is 0. The number of hydrogen-bond acceptors (Lipinski definition) is 1. The van der Waals surface area contributed by atoms with Crippen LogP contribution in [0.5, 0.6) is 0 Å². The molecule has 0 aliphatic heterocycles. The number of fused-ring (bicyclic) bond motifs is 3. The molecule has 11 aromatic carbocycles. The summed E-state index contributed by atoms with van der Waals surface area (Å²) < 4.78 is 2.48. The first kappa shape index (κ1) is 40.5. The van der Waals surface area contributed by atoms with Gasteiger partial charge in [0, 0.05) is 33.4 Å². The molecular weight excluding hydrogens is 821 g/mol. The maximum atomic E-state index is 2.48. The van der Waals surface area contributed by atoms with E-state index in [2.05, 4.69) is 289 Å². The molecule has 0 amide bonds. The summed E-state index contributed by atoms with van der Waals surface area (Å²) in [5, 5.41) is 2.46. The first-order valence-electron chi connectivity index (χ1n) is 23.3. The second-order valence-corrected chi connectivity index (χ2v) is 17.3. The Kier molecular flexibility index (Phi) is 10.6. The van der Waals surface area contributed by atoms with E-state index in [1.807, 2.05) is 0 Å². The van der Waals surface area contributed by atoms with Crippen molar-refractivity contribution < 1.29 is 0 Å². The van der Waals surface area contributed by atoms with Crippen LogP contribution >= 0.6 is 0 Å². The number of nitrogens with zero attached hydrogens (tertiary/aromatic N) is 2. The van der Waals surface area contributed by atoms with Gasteiger partial charge in [-0.05, 0) is 116 Å². The van der Waals surface area contributed by atoms with E-state index in [9.17, 15) is 0 Å². The third kappa shape index (κ3) is 7.64. The van der Waals surface area contributed by atoms with Gasteiger partial charge in [-0.15, -0.1) is 0 Å². The number of aromatic nitrogens is 1. The van der Waals surface area contributed by atoms with Crippen molar-refractivity contribution in [3.8, 4) is 72.4 Å². The van der Waals surface area contributed by atoms with Gasteiger partial charge in [0.1, 0.15) is 0 Å². The largest absolute Gasteiger partial charge is 0.311 e. The maximum absolute atomic E-state index is 2.48. The highest BCUT2D eigenvalue weighted by molar-refractivity contribution is 6.11. The number of benzene rings is 11. The summed E-state index contributed by atoms with van der Waals surface area (Å²) >= 11 is 0. The summed E-state index contributed by atoms with van der Waals surface area (Å²) in [6, 6.07) is 101. The molecule has 12 aromatic rings. The van der Waals surface area contributed by atoms with Gasteiger partial charge in [-0.1, -0.05) is 224 Å². The topological polar surface area (TPSA) is 8.17 Å². The van der Waals surface area contributed by atoms with Crippen LogP contribution in [0.15, 0.2) is 279 Å². The Morgan fingerprint density at radius 1 is 0.221 bits per heavy atom. The second kappa shape index (κ2) is 17.8. The molecule has 0 radical (unpaired) electrons. The molecule has 0 bridgehead atoms. The predicted octanol–water partition coefficient (Wildman–Crippen LogP) is 18.3. The fourth-order valence-electron chi connectivity index (χ4n) is 9.88. The van der Waals surface area contributed by atoms with Gasteiger partial charge in [-0.3, -0.25) is 0 Å². The molecule has 0 aliphatic carbocycles. The first-order chi connectivity index (χ1) is 33.7. The van der Waals surface area contributed by atoms with E-state index < -0.39 is 0 Å². The molecule has 1 heterocycles. The van der Waals surface area contributed by atoms with Crippen molar-refractivity contribution in [1.29, 1.82) is 0 Å². The quantitative estimate of drug-likeness (QED) is 0.133. The van der Waals surface area contributed by atoms with Crippen LogP contribution in [-0.2, 0) is 0 Å². The minimum atomic E-state index is 1.09. The van der Waals surface area contributed by atoms with Crippen molar-refractivity contribution in [3.63, 3.8) is 0 Å². The summed E-state index contributed by atoms with van der Waals surface area (Å²) in [5.74, 6) is 0. The normalized spacial score (nSPS) is 11.2. The molecule has 0 N–H and O–H groups in total. The van der Waals surface area contributed by atoms with Gasteiger partial charge in [0.15, 0.2) is 0 Å². The lowest BCUT2D eigenvalue weighted by molar-refractivity contribution is 1.18. The van der Waals surface area contributed by atoms with Crippen molar-refractivity contribution in [2.75, 3.05) is 4.90 Å².